The van der Waals surface area contributed by atoms with E-state index < -0.39 is 10.0 Å². The number of hydrogen-bond acceptors (Lipinski definition) is 4. The summed E-state index contributed by atoms with van der Waals surface area (Å²) in [6, 6.07) is 11.0. The minimum Gasteiger partial charge on any atom is -0.486 e. The van der Waals surface area contributed by atoms with Crippen LogP contribution in [0.4, 0.5) is 0 Å². The van der Waals surface area contributed by atoms with Crippen LogP contribution in [0.25, 0.3) is 0 Å². The second kappa shape index (κ2) is 5.79. The van der Waals surface area contributed by atoms with E-state index in [1.165, 1.54) is 0 Å². The summed E-state index contributed by atoms with van der Waals surface area (Å²) in [5.41, 5.74) is 2.89. The van der Waals surface area contributed by atoms with Crippen LogP contribution in [0.3, 0.4) is 0 Å². The molecule has 0 saturated heterocycles. The average molecular weight is 345 g/mol. The minimum atomic E-state index is -3.50. The molecule has 0 saturated carbocycles. The number of sulfonamides is 1. The topological polar surface area (TPSA) is 55.8 Å². The molecule has 126 valence electrons. The molecule has 2 aromatic carbocycles. The molecule has 2 aliphatic heterocycles. The van der Waals surface area contributed by atoms with Gasteiger partial charge in [-0.1, -0.05) is 18.2 Å². The maximum atomic E-state index is 13.0. The predicted molar refractivity (Wildman–Crippen MR) is 89.9 cm³/mol. The van der Waals surface area contributed by atoms with Gasteiger partial charge in [-0.15, -0.1) is 0 Å². The molecule has 0 aromatic heterocycles. The van der Waals surface area contributed by atoms with Gasteiger partial charge >= 0.3 is 0 Å². The maximum Gasteiger partial charge on any atom is 0.243 e. The van der Waals surface area contributed by atoms with E-state index in [0.717, 1.165) is 22.4 Å². The first-order valence-electron chi connectivity index (χ1n) is 8.03. The van der Waals surface area contributed by atoms with Gasteiger partial charge in [0.25, 0.3) is 0 Å². The normalized spacial score (nSPS) is 17.4. The second-order valence-corrected chi connectivity index (χ2v) is 8.03. The first kappa shape index (κ1) is 15.5. The SMILES string of the molecule is Cc1ccccc1S(=O)(=O)N1CCc2cc3c(cc2C1)OCCO3. The molecule has 5 nitrogen and oxygen atoms in total. The zero-order chi connectivity index (χ0) is 16.7. The van der Waals surface area contributed by atoms with Gasteiger partial charge in [0, 0.05) is 13.1 Å². The molecule has 6 heteroatoms. The third kappa shape index (κ3) is 2.56. The molecule has 0 unspecified atom stereocenters. The summed E-state index contributed by atoms with van der Waals surface area (Å²) in [5, 5.41) is 0. The summed E-state index contributed by atoms with van der Waals surface area (Å²) in [6.45, 7) is 3.74. The highest BCUT2D eigenvalue weighted by Gasteiger charge is 2.30. The van der Waals surface area contributed by atoms with Crippen LogP contribution >= 0.6 is 0 Å². The summed E-state index contributed by atoms with van der Waals surface area (Å²) in [4.78, 5) is 0.381. The summed E-state index contributed by atoms with van der Waals surface area (Å²) in [7, 11) is -3.50. The van der Waals surface area contributed by atoms with Crippen LogP contribution in [0.15, 0.2) is 41.3 Å². The van der Waals surface area contributed by atoms with E-state index in [9.17, 15) is 8.42 Å². The molecule has 0 N–H and O–H groups in total. The molecule has 0 fully saturated rings. The number of rotatable bonds is 2. The Labute approximate surface area is 141 Å². The predicted octanol–water partition coefficient (Wildman–Crippen LogP) is 2.51. The van der Waals surface area contributed by atoms with Crippen molar-refractivity contribution >= 4 is 10.0 Å². The molecule has 0 aliphatic carbocycles. The third-order valence-corrected chi connectivity index (χ3v) is 6.56. The molecule has 0 radical (unpaired) electrons. The van der Waals surface area contributed by atoms with Crippen LogP contribution in [0.1, 0.15) is 16.7 Å². The van der Waals surface area contributed by atoms with Gasteiger partial charge in [0.05, 0.1) is 4.90 Å². The van der Waals surface area contributed by atoms with Crippen molar-refractivity contribution in [2.75, 3.05) is 19.8 Å². The molecule has 2 heterocycles. The highest BCUT2D eigenvalue weighted by molar-refractivity contribution is 7.89. The van der Waals surface area contributed by atoms with Gasteiger partial charge in [-0.2, -0.15) is 4.31 Å². The summed E-state index contributed by atoms with van der Waals surface area (Å²) in [6.07, 6.45) is 0.678. The van der Waals surface area contributed by atoms with Gasteiger partial charge in [-0.05, 0) is 48.2 Å². The quantitative estimate of drug-likeness (QED) is 0.839. The average Bonchev–Trinajstić information content (AvgIpc) is 2.59. The van der Waals surface area contributed by atoms with E-state index in [4.69, 9.17) is 9.47 Å². The van der Waals surface area contributed by atoms with Gasteiger partial charge in [0.2, 0.25) is 10.0 Å². The standard InChI is InChI=1S/C18H19NO4S/c1-13-4-2-3-5-18(13)24(20,21)19-7-6-14-10-16-17(11-15(14)12-19)23-9-8-22-16/h2-5,10-11H,6-9,12H2,1H3. The number of hydrogen-bond donors (Lipinski definition) is 0. The zero-order valence-electron chi connectivity index (χ0n) is 13.5. The van der Waals surface area contributed by atoms with Crippen molar-refractivity contribution in [2.45, 2.75) is 24.8 Å². The molecule has 0 spiro atoms. The monoisotopic (exact) mass is 345 g/mol. The first-order valence-corrected chi connectivity index (χ1v) is 9.47. The first-order chi connectivity index (χ1) is 11.6. The van der Waals surface area contributed by atoms with E-state index >= 15 is 0 Å². The molecule has 2 aromatic rings. The van der Waals surface area contributed by atoms with Crippen molar-refractivity contribution in [1.29, 1.82) is 0 Å². The van der Waals surface area contributed by atoms with Crippen molar-refractivity contribution in [1.82, 2.24) is 4.31 Å². The molecule has 0 atom stereocenters. The minimum absolute atomic E-state index is 0.364. The van der Waals surface area contributed by atoms with Crippen molar-refractivity contribution < 1.29 is 17.9 Å². The third-order valence-electron chi connectivity index (χ3n) is 4.55. The Kier molecular flexibility index (Phi) is 3.73. The van der Waals surface area contributed by atoms with Crippen LogP contribution in [0, 0.1) is 6.92 Å². The van der Waals surface area contributed by atoms with Gasteiger partial charge in [0.15, 0.2) is 11.5 Å². The number of ether oxygens (including phenoxy) is 2. The van der Waals surface area contributed by atoms with Crippen LogP contribution in [-0.4, -0.2) is 32.5 Å². The van der Waals surface area contributed by atoms with E-state index in [1.54, 1.807) is 16.4 Å². The zero-order valence-corrected chi connectivity index (χ0v) is 14.3. The highest BCUT2D eigenvalue weighted by atomic mass is 32.2. The lowest BCUT2D eigenvalue weighted by molar-refractivity contribution is 0.171. The van der Waals surface area contributed by atoms with E-state index in [2.05, 4.69) is 0 Å². The molecule has 4 rings (SSSR count). The second-order valence-electron chi connectivity index (χ2n) is 6.12. The largest absolute Gasteiger partial charge is 0.486 e. The van der Waals surface area contributed by atoms with Crippen molar-refractivity contribution in [3.8, 4) is 11.5 Å². The maximum absolute atomic E-state index is 13.0. The smallest absolute Gasteiger partial charge is 0.243 e. The van der Waals surface area contributed by atoms with E-state index in [0.29, 0.717) is 43.4 Å². The Morgan fingerprint density at radius 2 is 1.67 bits per heavy atom. The lowest BCUT2D eigenvalue weighted by Gasteiger charge is -2.30. The molecule has 0 amide bonds. The van der Waals surface area contributed by atoms with Crippen LogP contribution in [0.5, 0.6) is 11.5 Å². The lowest BCUT2D eigenvalue weighted by atomic mass is 10.00. The summed E-state index contributed by atoms with van der Waals surface area (Å²) >= 11 is 0. The Morgan fingerprint density at radius 3 is 2.38 bits per heavy atom. The molecule has 2 aliphatic rings. The summed E-state index contributed by atoms with van der Waals surface area (Å²) in [5.74, 6) is 1.46. The Morgan fingerprint density at radius 1 is 1.00 bits per heavy atom. The van der Waals surface area contributed by atoms with Gasteiger partial charge in [-0.3, -0.25) is 0 Å². The van der Waals surface area contributed by atoms with Crippen molar-refractivity contribution in [3.63, 3.8) is 0 Å². The van der Waals surface area contributed by atoms with Crippen LogP contribution in [0.2, 0.25) is 0 Å². The Bertz CT molecular complexity index is 892. The lowest BCUT2D eigenvalue weighted by Crippen LogP contribution is -2.36. The number of aryl methyl sites for hydroxylation is 1. The van der Waals surface area contributed by atoms with Crippen molar-refractivity contribution in [2.24, 2.45) is 0 Å². The molecular formula is C18H19NO4S. The Hall–Kier alpha value is -2.05. The summed E-state index contributed by atoms with van der Waals surface area (Å²) < 4.78 is 38.7. The highest BCUT2D eigenvalue weighted by Crippen LogP contribution is 2.36. The number of benzene rings is 2. The van der Waals surface area contributed by atoms with Gasteiger partial charge in [-0.25, -0.2) is 8.42 Å². The Balaban J connectivity index is 1.68. The number of fused-ring (bicyclic) bond motifs is 2. The van der Waals surface area contributed by atoms with E-state index in [1.807, 2.05) is 31.2 Å². The van der Waals surface area contributed by atoms with Gasteiger partial charge in [0.1, 0.15) is 13.2 Å². The molecule has 0 bridgehead atoms. The van der Waals surface area contributed by atoms with Crippen LogP contribution < -0.4 is 9.47 Å². The fourth-order valence-electron chi connectivity index (χ4n) is 3.26. The number of nitrogens with zero attached hydrogens (tertiary/aromatic N) is 1. The van der Waals surface area contributed by atoms with Crippen LogP contribution in [-0.2, 0) is 23.0 Å². The van der Waals surface area contributed by atoms with Gasteiger partial charge < -0.3 is 9.47 Å². The fourth-order valence-corrected chi connectivity index (χ4v) is 4.90. The fraction of sp³-hybridized carbons (Fsp3) is 0.333. The van der Waals surface area contributed by atoms with Crippen molar-refractivity contribution in [3.05, 3.63) is 53.1 Å². The molecular weight excluding hydrogens is 326 g/mol. The van der Waals surface area contributed by atoms with E-state index in [-0.39, 0.29) is 0 Å². The molecule has 24 heavy (non-hydrogen) atoms.